The first-order chi connectivity index (χ1) is 7.80. The molecule has 96 valence electrons. The average Bonchev–Trinajstić information content (AvgIpc) is 2.64. The van der Waals surface area contributed by atoms with E-state index in [2.05, 4.69) is 43.3 Å². The first-order valence-corrected chi connectivity index (χ1v) is 5.67. The quantitative estimate of drug-likeness (QED) is 0.802. The van der Waals surface area contributed by atoms with Gasteiger partial charge in [-0.15, -0.1) is 5.10 Å². The first-order valence-electron chi connectivity index (χ1n) is 5.67. The van der Waals surface area contributed by atoms with Crippen molar-refractivity contribution in [1.82, 2.24) is 20.3 Å². The van der Waals surface area contributed by atoms with E-state index < -0.39 is 5.97 Å². The summed E-state index contributed by atoms with van der Waals surface area (Å²) in [5.41, 5.74) is 0.183. The van der Waals surface area contributed by atoms with Crippen LogP contribution in [-0.4, -0.2) is 38.7 Å². The van der Waals surface area contributed by atoms with E-state index in [-0.39, 0.29) is 11.1 Å². The van der Waals surface area contributed by atoms with Crippen LogP contribution in [0.15, 0.2) is 6.20 Å². The van der Waals surface area contributed by atoms with Gasteiger partial charge in [0.25, 0.3) is 0 Å². The van der Waals surface area contributed by atoms with E-state index in [4.69, 9.17) is 5.11 Å². The number of nitrogens with zero attached hydrogens (tertiary/aromatic N) is 3. The topological polar surface area (TPSA) is 80.0 Å². The monoisotopic (exact) mass is 240 g/mol. The Morgan fingerprint density at radius 3 is 2.71 bits per heavy atom. The maximum Gasteiger partial charge on any atom is 0.358 e. The molecule has 0 aliphatic carbocycles. The Kier molecular flexibility index (Phi) is 4.22. The zero-order valence-electron chi connectivity index (χ0n) is 10.8. The molecule has 6 nitrogen and oxygen atoms in total. The molecule has 1 unspecified atom stereocenters. The second-order valence-electron chi connectivity index (χ2n) is 5.21. The molecule has 1 aromatic rings. The largest absolute Gasteiger partial charge is 0.476 e. The van der Waals surface area contributed by atoms with Gasteiger partial charge in [0.1, 0.15) is 0 Å². The van der Waals surface area contributed by atoms with Crippen LogP contribution < -0.4 is 5.32 Å². The minimum Gasteiger partial charge on any atom is -0.476 e. The van der Waals surface area contributed by atoms with Crippen LogP contribution in [0.4, 0.5) is 0 Å². The number of carboxylic acids is 1. The normalized spacial score (nSPS) is 13.6. The van der Waals surface area contributed by atoms with Crippen molar-refractivity contribution in [2.75, 3.05) is 6.54 Å². The molecule has 0 bridgehead atoms. The fourth-order valence-corrected chi connectivity index (χ4v) is 1.21. The number of rotatable bonds is 5. The Morgan fingerprint density at radius 2 is 2.24 bits per heavy atom. The molecule has 0 aliphatic rings. The van der Waals surface area contributed by atoms with Crippen molar-refractivity contribution in [1.29, 1.82) is 0 Å². The highest BCUT2D eigenvalue weighted by molar-refractivity contribution is 5.84. The molecule has 0 saturated heterocycles. The van der Waals surface area contributed by atoms with E-state index in [0.717, 1.165) is 6.54 Å². The van der Waals surface area contributed by atoms with Crippen molar-refractivity contribution in [3.05, 3.63) is 11.9 Å². The smallest absolute Gasteiger partial charge is 0.358 e. The highest BCUT2D eigenvalue weighted by atomic mass is 16.4. The Morgan fingerprint density at radius 1 is 1.59 bits per heavy atom. The van der Waals surface area contributed by atoms with Crippen LogP contribution in [0.25, 0.3) is 0 Å². The van der Waals surface area contributed by atoms with Crippen LogP contribution >= 0.6 is 0 Å². The maximum atomic E-state index is 10.6. The lowest BCUT2D eigenvalue weighted by Gasteiger charge is -2.28. The second-order valence-corrected chi connectivity index (χ2v) is 5.21. The fourth-order valence-electron chi connectivity index (χ4n) is 1.21. The van der Waals surface area contributed by atoms with Gasteiger partial charge >= 0.3 is 5.97 Å². The molecule has 0 spiro atoms. The molecule has 17 heavy (non-hydrogen) atoms. The molecule has 0 radical (unpaired) electrons. The van der Waals surface area contributed by atoms with Gasteiger partial charge in [0, 0.05) is 12.6 Å². The molecular formula is C11H20N4O2. The van der Waals surface area contributed by atoms with Crippen molar-refractivity contribution in [2.24, 2.45) is 5.41 Å². The molecule has 2 N–H and O–H groups in total. The van der Waals surface area contributed by atoms with Gasteiger partial charge < -0.3 is 10.4 Å². The van der Waals surface area contributed by atoms with Crippen LogP contribution in [0.2, 0.25) is 0 Å². The number of carbonyl (C=O) groups is 1. The van der Waals surface area contributed by atoms with Gasteiger partial charge in [-0.25, -0.2) is 4.79 Å². The standard InChI is InChI=1S/C11H20N4O2/c1-8(11(2,3)4)12-5-6-15-7-9(10(16)17)13-14-15/h7-8,12H,5-6H2,1-4H3,(H,16,17). The molecule has 0 fully saturated rings. The summed E-state index contributed by atoms with van der Waals surface area (Å²) in [5, 5.41) is 19.4. The van der Waals surface area contributed by atoms with Gasteiger partial charge in [0.2, 0.25) is 0 Å². The maximum absolute atomic E-state index is 10.6. The van der Waals surface area contributed by atoms with Crippen LogP contribution in [0.5, 0.6) is 0 Å². The van der Waals surface area contributed by atoms with E-state index in [9.17, 15) is 4.79 Å². The van der Waals surface area contributed by atoms with Crippen LogP contribution in [0.1, 0.15) is 38.2 Å². The van der Waals surface area contributed by atoms with E-state index in [1.54, 1.807) is 0 Å². The van der Waals surface area contributed by atoms with Crippen molar-refractivity contribution in [2.45, 2.75) is 40.3 Å². The van der Waals surface area contributed by atoms with Crippen LogP contribution in [0, 0.1) is 5.41 Å². The lowest BCUT2D eigenvalue weighted by atomic mass is 9.88. The summed E-state index contributed by atoms with van der Waals surface area (Å²) in [7, 11) is 0. The number of nitrogens with one attached hydrogen (secondary N) is 1. The summed E-state index contributed by atoms with van der Waals surface area (Å²) < 4.78 is 1.53. The molecular weight excluding hydrogens is 220 g/mol. The summed E-state index contributed by atoms with van der Waals surface area (Å²) >= 11 is 0. The van der Waals surface area contributed by atoms with E-state index in [1.165, 1.54) is 10.9 Å². The number of aromatic carboxylic acids is 1. The van der Waals surface area contributed by atoms with Crippen molar-refractivity contribution in [3.8, 4) is 0 Å². The Balaban J connectivity index is 2.38. The predicted molar refractivity (Wildman–Crippen MR) is 63.9 cm³/mol. The Bertz CT molecular complexity index is 381. The van der Waals surface area contributed by atoms with Crippen LogP contribution in [-0.2, 0) is 6.54 Å². The number of hydrogen-bond acceptors (Lipinski definition) is 4. The second kappa shape index (κ2) is 5.27. The summed E-state index contributed by atoms with van der Waals surface area (Å²) in [6.45, 7) is 9.99. The zero-order chi connectivity index (χ0) is 13.1. The SMILES string of the molecule is CC(NCCn1cc(C(=O)O)nn1)C(C)(C)C. The minimum absolute atomic E-state index is 0.0196. The van der Waals surface area contributed by atoms with Crippen molar-refractivity contribution < 1.29 is 9.90 Å². The highest BCUT2D eigenvalue weighted by Crippen LogP contribution is 2.18. The molecule has 1 atom stereocenters. The molecule has 0 aromatic carbocycles. The zero-order valence-corrected chi connectivity index (χ0v) is 10.8. The van der Waals surface area contributed by atoms with Crippen molar-refractivity contribution in [3.63, 3.8) is 0 Å². The van der Waals surface area contributed by atoms with Gasteiger partial charge in [0.15, 0.2) is 5.69 Å². The third-order valence-corrected chi connectivity index (χ3v) is 2.85. The molecule has 6 heteroatoms. The van der Waals surface area contributed by atoms with Crippen molar-refractivity contribution >= 4 is 5.97 Å². The minimum atomic E-state index is -1.05. The Labute approximate surface area is 101 Å². The Hall–Kier alpha value is -1.43. The summed E-state index contributed by atoms with van der Waals surface area (Å²) in [6, 6.07) is 0.380. The molecule has 1 aromatic heterocycles. The number of aromatic nitrogens is 3. The van der Waals surface area contributed by atoms with Gasteiger partial charge in [-0.1, -0.05) is 26.0 Å². The fraction of sp³-hybridized carbons (Fsp3) is 0.727. The van der Waals surface area contributed by atoms with Gasteiger partial charge in [-0.2, -0.15) is 0 Å². The van der Waals surface area contributed by atoms with Gasteiger partial charge in [-0.3, -0.25) is 4.68 Å². The van der Waals surface area contributed by atoms with Crippen LogP contribution in [0.3, 0.4) is 0 Å². The molecule has 0 saturated carbocycles. The van der Waals surface area contributed by atoms with E-state index in [1.807, 2.05) is 0 Å². The van der Waals surface area contributed by atoms with E-state index >= 15 is 0 Å². The molecule has 1 rings (SSSR count). The average molecular weight is 240 g/mol. The summed E-state index contributed by atoms with van der Waals surface area (Å²) in [6.07, 6.45) is 1.44. The third-order valence-electron chi connectivity index (χ3n) is 2.85. The molecule has 0 amide bonds. The molecule has 1 heterocycles. The number of carboxylic acid groups (broad SMARTS) is 1. The van der Waals surface area contributed by atoms with Gasteiger partial charge in [0.05, 0.1) is 12.7 Å². The lowest BCUT2D eigenvalue weighted by molar-refractivity contribution is 0.0690. The summed E-state index contributed by atoms with van der Waals surface area (Å²) in [4.78, 5) is 10.6. The lowest BCUT2D eigenvalue weighted by Crippen LogP contribution is -2.39. The third kappa shape index (κ3) is 4.14. The molecule has 0 aliphatic heterocycles. The first kappa shape index (κ1) is 13.6. The van der Waals surface area contributed by atoms with E-state index in [0.29, 0.717) is 12.6 Å². The van der Waals surface area contributed by atoms with Gasteiger partial charge in [-0.05, 0) is 12.3 Å². The predicted octanol–water partition coefficient (Wildman–Crippen LogP) is 1.00. The highest BCUT2D eigenvalue weighted by Gasteiger charge is 2.18. The summed E-state index contributed by atoms with van der Waals surface area (Å²) in [5.74, 6) is -1.05. The number of hydrogen-bond donors (Lipinski definition) is 2.